The van der Waals surface area contributed by atoms with Crippen molar-refractivity contribution in [3.63, 3.8) is 0 Å². The van der Waals surface area contributed by atoms with Gasteiger partial charge < -0.3 is 0 Å². The highest BCUT2D eigenvalue weighted by Gasteiger charge is 2.76. The molecule has 1 N–H and O–H groups in total. The molecular formula is C3H3F4NO3S2. The Morgan fingerprint density at radius 3 is 1.46 bits per heavy atom. The van der Waals surface area contributed by atoms with E-state index in [9.17, 15) is 30.2 Å². The van der Waals surface area contributed by atoms with Crippen molar-refractivity contribution in [2.24, 2.45) is 0 Å². The van der Waals surface area contributed by atoms with E-state index in [0.29, 0.717) is 4.13 Å². The van der Waals surface area contributed by atoms with Gasteiger partial charge in [-0.2, -0.15) is 17.6 Å². The topological polar surface area (TPSA) is 63.2 Å². The average Bonchev–Trinajstić information content (AvgIpc) is 1.88. The van der Waals surface area contributed by atoms with Crippen LogP contribution in [0.5, 0.6) is 0 Å². The molecule has 0 spiro atoms. The highest BCUT2D eigenvalue weighted by atomic mass is 32.3. The standard InChI is InChI=1S/C3H3F4NO3S2/c1-12(9)2(4,5)3(6,7)13(10,11)8-12/h1H2,(H,8,9). The summed E-state index contributed by atoms with van der Waals surface area (Å²) < 4.78 is 81.7. The predicted octanol–water partition coefficient (Wildman–Crippen LogP) is -0.264. The molecule has 1 rings (SSSR count). The van der Waals surface area contributed by atoms with Crippen LogP contribution in [0, 0.1) is 0 Å². The van der Waals surface area contributed by atoms with Crippen molar-refractivity contribution in [2.75, 3.05) is 0 Å². The molecule has 1 heterocycles. The second-order valence-electron chi connectivity index (χ2n) is 2.30. The summed E-state index contributed by atoms with van der Waals surface area (Å²) in [6, 6.07) is 0. The molecule has 1 aliphatic rings. The van der Waals surface area contributed by atoms with Crippen LogP contribution in [-0.2, 0) is 19.7 Å². The summed E-state index contributed by atoms with van der Waals surface area (Å²) in [6.07, 6.45) is 0. The van der Waals surface area contributed by atoms with Gasteiger partial charge >= 0.3 is 10.5 Å². The van der Waals surface area contributed by atoms with Crippen LogP contribution in [0.2, 0.25) is 0 Å². The molecule has 4 nitrogen and oxygen atoms in total. The highest BCUT2D eigenvalue weighted by molar-refractivity contribution is 8.13. The summed E-state index contributed by atoms with van der Waals surface area (Å²) >= 11 is 0. The van der Waals surface area contributed by atoms with Crippen LogP contribution in [0.3, 0.4) is 0 Å². The van der Waals surface area contributed by atoms with Gasteiger partial charge in [0, 0.05) is 0 Å². The second kappa shape index (κ2) is 2.17. The van der Waals surface area contributed by atoms with Gasteiger partial charge in [0.05, 0.1) is 0 Å². The first kappa shape index (κ1) is 10.7. The minimum Gasteiger partial charge on any atom is -0.246 e. The lowest BCUT2D eigenvalue weighted by atomic mass is 10.7. The highest BCUT2D eigenvalue weighted by Crippen LogP contribution is 2.46. The average molecular weight is 241 g/mol. The van der Waals surface area contributed by atoms with Crippen molar-refractivity contribution in [1.29, 1.82) is 0 Å². The summed E-state index contributed by atoms with van der Waals surface area (Å²) in [7, 11) is -10.5. The zero-order valence-corrected chi connectivity index (χ0v) is 7.39. The summed E-state index contributed by atoms with van der Waals surface area (Å²) in [4.78, 5) is 0. The normalized spacial score (nSPS) is 40.3. The third-order valence-corrected chi connectivity index (χ3v) is 5.43. The summed E-state index contributed by atoms with van der Waals surface area (Å²) in [5.41, 5.74) is 0. The maximum absolute atomic E-state index is 12.5. The Morgan fingerprint density at radius 1 is 1.00 bits per heavy atom. The summed E-state index contributed by atoms with van der Waals surface area (Å²) in [6.45, 7) is 0. The molecule has 0 radical (unpaired) electrons. The maximum atomic E-state index is 12.5. The zero-order valence-electron chi connectivity index (χ0n) is 5.76. The number of rotatable bonds is 0. The zero-order chi connectivity index (χ0) is 10.7. The lowest BCUT2D eigenvalue weighted by molar-refractivity contribution is -0.0897. The molecule has 0 bridgehead atoms. The van der Waals surface area contributed by atoms with Gasteiger partial charge in [0.25, 0.3) is 10.0 Å². The van der Waals surface area contributed by atoms with Crippen molar-refractivity contribution in [3.8, 4) is 0 Å². The first-order chi connectivity index (χ1) is 5.46. The van der Waals surface area contributed by atoms with Crippen LogP contribution in [0.25, 0.3) is 0 Å². The Kier molecular flexibility index (Phi) is 1.79. The lowest BCUT2D eigenvalue weighted by Crippen LogP contribution is -2.42. The molecule has 0 aromatic heterocycles. The van der Waals surface area contributed by atoms with Gasteiger partial charge in [0.15, 0.2) is 0 Å². The number of halogens is 4. The van der Waals surface area contributed by atoms with Crippen molar-refractivity contribution in [2.45, 2.75) is 10.5 Å². The SMILES string of the molecule is C=S1(=O)NS(=O)(=O)C(F)(F)C1(F)F. The van der Waals surface area contributed by atoms with Gasteiger partial charge in [-0.1, -0.05) is 0 Å². The Morgan fingerprint density at radius 2 is 1.38 bits per heavy atom. The van der Waals surface area contributed by atoms with Crippen LogP contribution >= 0.6 is 0 Å². The smallest absolute Gasteiger partial charge is 0.246 e. The molecule has 13 heavy (non-hydrogen) atoms. The Balaban J connectivity index is 3.61. The van der Waals surface area contributed by atoms with Gasteiger partial charge in [0.2, 0.25) is 0 Å². The number of hydrogen-bond acceptors (Lipinski definition) is 3. The van der Waals surface area contributed by atoms with E-state index in [4.69, 9.17) is 0 Å². The number of nitrogens with one attached hydrogen (secondary N) is 1. The Bertz CT molecular complexity index is 393. The molecule has 10 heteroatoms. The number of alkyl halides is 4. The summed E-state index contributed by atoms with van der Waals surface area (Å²) in [5, 5.41) is -10.6. The maximum Gasteiger partial charge on any atom is 0.434 e. The first-order valence-electron chi connectivity index (χ1n) is 2.61. The molecule has 0 aromatic carbocycles. The van der Waals surface area contributed by atoms with Gasteiger partial charge in [-0.25, -0.2) is 12.6 Å². The molecule has 0 saturated carbocycles. The fraction of sp³-hybridized carbons (Fsp3) is 0.667. The minimum atomic E-state index is -5.61. The molecule has 1 fully saturated rings. The van der Waals surface area contributed by atoms with E-state index in [1.807, 2.05) is 0 Å². The van der Waals surface area contributed by atoms with Crippen molar-refractivity contribution >= 4 is 25.6 Å². The molecule has 78 valence electrons. The fourth-order valence-corrected chi connectivity index (χ4v) is 4.31. The minimum absolute atomic E-state index is 0.639. The van der Waals surface area contributed by atoms with Gasteiger partial charge in [-0.3, -0.25) is 0 Å². The van der Waals surface area contributed by atoms with Crippen LogP contribution in [-0.4, -0.2) is 29.0 Å². The van der Waals surface area contributed by atoms with Crippen molar-refractivity contribution in [3.05, 3.63) is 0 Å². The monoisotopic (exact) mass is 241 g/mol. The second-order valence-corrected chi connectivity index (χ2v) is 6.35. The van der Waals surface area contributed by atoms with E-state index in [1.54, 1.807) is 0 Å². The van der Waals surface area contributed by atoms with Crippen LogP contribution in [0.15, 0.2) is 0 Å². The number of sulfonamides is 1. The lowest BCUT2D eigenvalue weighted by Gasteiger charge is -2.15. The molecule has 0 aliphatic carbocycles. The van der Waals surface area contributed by atoms with Crippen LogP contribution in [0.4, 0.5) is 17.6 Å². The van der Waals surface area contributed by atoms with E-state index >= 15 is 0 Å². The Hall–Kier alpha value is -0.350. The molecule has 1 unspecified atom stereocenters. The van der Waals surface area contributed by atoms with Crippen LogP contribution in [0.1, 0.15) is 0 Å². The summed E-state index contributed by atoms with van der Waals surface area (Å²) in [5.74, 6) is 2.22. The number of hydrogen-bond donors (Lipinski definition) is 1. The van der Waals surface area contributed by atoms with Crippen LogP contribution < -0.4 is 4.13 Å². The van der Waals surface area contributed by atoms with Gasteiger partial charge in [-0.15, -0.1) is 4.13 Å². The fourth-order valence-electron chi connectivity index (χ4n) is 0.630. The van der Waals surface area contributed by atoms with E-state index in [0.717, 1.165) is 0 Å². The quantitative estimate of drug-likeness (QED) is 0.469. The van der Waals surface area contributed by atoms with E-state index in [2.05, 4.69) is 5.87 Å². The first-order valence-corrected chi connectivity index (χ1v) is 5.82. The molecule has 0 aromatic rings. The van der Waals surface area contributed by atoms with Crippen molar-refractivity contribution < 1.29 is 30.2 Å². The largest absolute Gasteiger partial charge is 0.434 e. The van der Waals surface area contributed by atoms with E-state index < -0.39 is 30.2 Å². The van der Waals surface area contributed by atoms with E-state index in [-0.39, 0.29) is 0 Å². The molecule has 0 amide bonds. The molecule has 1 aliphatic heterocycles. The molecular weight excluding hydrogens is 238 g/mol. The third kappa shape index (κ3) is 1.02. The van der Waals surface area contributed by atoms with Gasteiger partial charge in [-0.05, 0) is 5.87 Å². The van der Waals surface area contributed by atoms with E-state index in [1.165, 1.54) is 0 Å². The molecule has 1 saturated heterocycles. The third-order valence-electron chi connectivity index (χ3n) is 1.33. The predicted molar refractivity (Wildman–Crippen MR) is 37.2 cm³/mol. The van der Waals surface area contributed by atoms with Crippen molar-refractivity contribution in [1.82, 2.24) is 4.13 Å². The molecule has 1 atom stereocenters. The Labute approximate surface area is 71.1 Å². The van der Waals surface area contributed by atoms with Gasteiger partial charge in [0.1, 0.15) is 9.71 Å².